The maximum atomic E-state index is 13.5. The quantitative estimate of drug-likeness (QED) is 0.167. The lowest BCUT2D eigenvalue weighted by Gasteiger charge is -2.44. The number of rotatable bonds is 2. The van der Waals surface area contributed by atoms with Crippen LogP contribution in [0.15, 0.2) is 153 Å². The van der Waals surface area contributed by atoms with E-state index in [-0.39, 0.29) is 23.4 Å². The first-order chi connectivity index (χ1) is 24.5. The van der Waals surface area contributed by atoms with Gasteiger partial charge in [-0.1, -0.05) is 98.5 Å². The summed E-state index contributed by atoms with van der Waals surface area (Å²) in [7, 11) is 0. The summed E-state index contributed by atoms with van der Waals surface area (Å²) in [4.78, 5) is 27.0. The fourth-order valence-corrected chi connectivity index (χ4v) is 5.88. The molecule has 2 saturated carbocycles. The van der Waals surface area contributed by atoms with Gasteiger partial charge in [0.25, 0.3) is 0 Å². The van der Waals surface area contributed by atoms with E-state index in [2.05, 4.69) is 155 Å². The molecule has 4 atom stereocenters. The van der Waals surface area contributed by atoms with E-state index in [4.69, 9.17) is 12.8 Å². The third-order valence-corrected chi connectivity index (χ3v) is 9.47. The Bertz CT molecular complexity index is 2300. The van der Waals surface area contributed by atoms with Gasteiger partial charge >= 0.3 is 0 Å². The summed E-state index contributed by atoms with van der Waals surface area (Å²) in [5.74, 6) is 15.3. The number of allylic oxidation sites excluding steroid dienone is 6. The van der Waals surface area contributed by atoms with E-state index in [1.54, 1.807) is 13.8 Å². The van der Waals surface area contributed by atoms with Gasteiger partial charge in [-0.05, 0) is 112 Å². The molecule has 0 saturated heterocycles. The third kappa shape index (κ3) is 7.72. The van der Waals surface area contributed by atoms with E-state index in [1.165, 1.54) is 0 Å². The molecule has 52 heavy (non-hydrogen) atoms. The molecule has 0 amide bonds. The Labute approximate surface area is 310 Å². The number of carbonyl (C=O) groups is 2. The maximum Gasteiger partial charge on any atom is 0.180 e. The van der Waals surface area contributed by atoms with Crippen molar-refractivity contribution < 1.29 is 9.59 Å². The second-order valence-corrected chi connectivity index (χ2v) is 12.7. The summed E-state index contributed by atoms with van der Waals surface area (Å²) in [5.41, 5.74) is 37.3. The number of ketones is 2. The average Bonchev–Trinajstić information content (AvgIpc) is 3.11. The monoisotopic (exact) mass is 672 g/mol. The Morgan fingerprint density at radius 2 is 0.808 bits per heavy atom. The Morgan fingerprint density at radius 1 is 0.481 bits per heavy atom. The summed E-state index contributed by atoms with van der Waals surface area (Å²) in [6, 6.07) is 0. The Kier molecular flexibility index (Phi) is 14.9. The third-order valence-electron chi connectivity index (χ3n) is 9.47. The number of hydrogen-bond donors (Lipinski definition) is 0. The van der Waals surface area contributed by atoms with Crippen molar-refractivity contribution in [3.05, 3.63) is 153 Å². The van der Waals surface area contributed by atoms with Crippen LogP contribution in [-0.4, -0.2) is 11.6 Å². The first-order valence-corrected chi connectivity index (χ1v) is 16.0. The van der Waals surface area contributed by atoms with Gasteiger partial charge in [0.05, 0.1) is 32.8 Å². The van der Waals surface area contributed by atoms with Crippen molar-refractivity contribution in [1.29, 1.82) is 0 Å². The Morgan fingerprint density at radius 3 is 1.04 bits per heavy atom. The van der Waals surface area contributed by atoms with Crippen LogP contribution < -0.4 is 0 Å². The molecule has 4 unspecified atom stereocenters. The van der Waals surface area contributed by atoms with E-state index in [0.29, 0.717) is 33.4 Å². The van der Waals surface area contributed by atoms with Gasteiger partial charge in [-0.15, -0.1) is 24.3 Å². The zero-order valence-corrected chi connectivity index (χ0v) is 31.4. The van der Waals surface area contributed by atoms with Crippen molar-refractivity contribution in [2.75, 3.05) is 0 Å². The van der Waals surface area contributed by atoms with E-state index < -0.39 is 21.7 Å². The molecule has 0 N–H and O–H groups in total. The standard InChI is InChI=1S/2C25H20O/c2*1-9-13-15-17-22-23(26)25(8,19(5)6)20(12-4)21(16-11-3)24(22,7)18-14-10-2/h2*2,19H,1,3-4H2,5-8H3. The summed E-state index contributed by atoms with van der Waals surface area (Å²) in [5, 5.41) is 0. The number of terminal acetylenes is 2. The van der Waals surface area contributed by atoms with E-state index in [9.17, 15) is 9.59 Å². The zero-order chi connectivity index (χ0) is 39.9. The van der Waals surface area contributed by atoms with E-state index in [1.807, 2.05) is 41.5 Å². The first-order valence-electron chi connectivity index (χ1n) is 16.0. The zero-order valence-electron chi connectivity index (χ0n) is 31.4. The molecule has 2 aliphatic rings. The fourth-order valence-electron chi connectivity index (χ4n) is 5.88. The van der Waals surface area contributed by atoms with E-state index in [0.717, 1.165) is 0 Å². The van der Waals surface area contributed by atoms with Crippen molar-refractivity contribution in [2.45, 2.75) is 55.4 Å². The molecule has 0 bridgehead atoms. The second-order valence-electron chi connectivity index (χ2n) is 12.7. The van der Waals surface area contributed by atoms with Crippen molar-refractivity contribution in [3.8, 4) is 48.4 Å². The second kappa shape index (κ2) is 18.1. The molecule has 2 aliphatic carbocycles. The molecule has 2 heteroatoms. The van der Waals surface area contributed by atoms with Crippen LogP contribution in [-0.2, 0) is 9.59 Å². The van der Waals surface area contributed by atoms with Gasteiger partial charge in [0.1, 0.15) is 0 Å². The number of hydrogen-bond acceptors (Lipinski definition) is 2. The first kappa shape index (κ1) is 43.0. The molecule has 0 aromatic heterocycles. The lowest BCUT2D eigenvalue weighted by Crippen LogP contribution is -2.47. The summed E-state index contributed by atoms with van der Waals surface area (Å²) >= 11 is 0. The lowest BCUT2D eigenvalue weighted by atomic mass is 9.54. The van der Waals surface area contributed by atoms with Crippen LogP contribution in [0, 0.1) is 81.9 Å². The minimum Gasteiger partial charge on any atom is -0.293 e. The highest BCUT2D eigenvalue weighted by Crippen LogP contribution is 2.56. The van der Waals surface area contributed by atoms with E-state index >= 15 is 0 Å². The molecule has 0 heterocycles. The van der Waals surface area contributed by atoms with Crippen LogP contribution in [0.2, 0.25) is 0 Å². The smallest absolute Gasteiger partial charge is 0.180 e. The summed E-state index contributed by atoms with van der Waals surface area (Å²) in [6.07, 6.45) is 10.6. The average molecular weight is 673 g/mol. The molecule has 0 aliphatic heterocycles. The highest BCUT2D eigenvalue weighted by atomic mass is 16.1. The fraction of sp³-hybridized carbons (Fsp3) is 0.280. The Hall–Kier alpha value is -7.06. The van der Waals surface area contributed by atoms with Crippen molar-refractivity contribution in [3.63, 3.8) is 0 Å². The van der Waals surface area contributed by atoms with Crippen LogP contribution in [0.25, 0.3) is 0 Å². The topological polar surface area (TPSA) is 34.1 Å². The number of Topliss-reactive ketones (excluding diaryl/α,β-unsaturated/α-hetero) is 2. The molecule has 252 valence electrons. The minimum absolute atomic E-state index is 0.0401. The lowest BCUT2D eigenvalue weighted by molar-refractivity contribution is -0.126. The van der Waals surface area contributed by atoms with Gasteiger partial charge < -0.3 is 0 Å². The molecule has 0 radical (unpaired) electrons. The van der Waals surface area contributed by atoms with Crippen molar-refractivity contribution in [1.82, 2.24) is 0 Å². The largest absolute Gasteiger partial charge is 0.293 e. The normalized spacial score (nSPS) is 23.7. The molecular formula is C50H40O2. The summed E-state index contributed by atoms with van der Waals surface area (Å²) < 4.78 is 0. The Balaban J connectivity index is 0.000000520. The highest BCUT2D eigenvalue weighted by molar-refractivity contribution is 6.08. The molecular weight excluding hydrogens is 633 g/mol. The summed E-state index contributed by atoms with van der Waals surface area (Å²) in [6.45, 7) is 36.7. The van der Waals surface area contributed by atoms with Crippen LogP contribution in [0.5, 0.6) is 0 Å². The SMILES string of the molecule is C#CC#CC1(C)C(=C=C=C=C=C)C(=O)C(C)(C(C)C)C(=C=C)C1=C=C=C.C#CC#CC1(C)C(=C=C=C=C=C)C(=O)C(C)(C(C)C)C(=C=C)C1=C=C=C. The maximum absolute atomic E-state index is 13.5. The molecule has 2 fully saturated rings. The molecule has 0 spiro atoms. The van der Waals surface area contributed by atoms with Gasteiger partial charge in [0.2, 0.25) is 0 Å². The van der Waals surface area contributed by atoms with Gasteiger partial charge in [-0.2, -0.15) is 0 Å². The predicted octanol–water partition coefficient (Wildman–Crippen LogP) is 9.26. The minimum atomic E-state index is -1.08. The number of carbonyl (C=O) groups excluding carboxylic acids is 2. The van der Waals surface area contributed by atoms with Crippen LogP contribution >= 0.6 is 0 Å². The predicted molar refractivity (Wildman–Crippen MR) is 209 cm³/mol. The van der Waals surface area contributed by atoms with Crippen molar-refractivity contribution in [2.24, 2.45) is 33.5 Å². The van der Waals surface area contributed by atoms with Gasteiger partial charge in [-0.25, -0.2) is 0 Å². The van der Waals surface area contributed by atoms with Gasteiger partial charge in [0, 0.05) is 22.3 Å². The highest BCUT2D eigenvalue weighted by Gasteiger charge is 2.56. The van der Waals surface area contributed by atoms with Gasteiger partial charge in [-0.3, -0.25) is 9.59 Å². The molecule has 0 aromatic rings. The van der Waals surface area contributed by atoms with Crippen LogP contribution in [0.1, 0.15) is 55.4 Å². The molecule has 2 rings (SSSR count). The van der Waals surface area contributed by atoms with Crippen molar-refractivity contribution >= 4 is 11.6 Å². The van der Waals surface area contributed by atoms with Crippen LogP contribution in [0.3, 0.4) is 0 Å². The molecule has 2 nitrogen and oxygen atoms in total. The van der Waals surface area contributed by atoms with Gasteiger partial charge in [0.15, 0.2) is 11.6 Å². The molecule has 0 aromatic carbocycles. The van der Waals surface area contributed by atoms with Crippen LogP contribution in [0.4, 0.5) is 0 Å².